The van der Waals surface area contributed by atoms with Crippen LogP contribution in [0.5, 0.6) is 0 Å². The van der Waals surface area contributed by atoms with Gasteiger partial charge in [0.15, 0.2) is 0 Å². The molecule has 0 heterocycles. The summed E-state index contributed by atoms with van der Waals surface area (Å²) in [5.41, 5.74) is 1.42. The minimum Gasteiger partial charge on any atom is -0.316 e. The second-order valence-electron chi connectivity index (χ2n) is 3.27. The van der Waals surface area contributed by atoms with Crippen molar-refractivity contribution < 1.29 is 0 Å². The number of hydrogen-bond donors (Lipinski definition) is 1. The summed E-state index contributed by atoms with van der Waals surface area (Å²) >= 11 is 4.23. The SMILES string of the molecule is CNC(CSC)Cc1ccc(I)cc1. The van der Waals surface area contributed by atoms with E-state index in [9.17, 15) is 0 Å². The van der Waals surface area contributed by atoms with Crippen LogP contribution in [0.1, 0.15) is 5.56 Å². The molecule has 0 saturated heterocycles. The fourth-order valence-electron chi connectivity index (χ4n) is 1.35. The molecule has 14 heavy (non-hydrogen) atoms. The van der Waals surface area contributed by atoms with Gasteiger partial charge in [-0.1, -0.05) is 12.1 Å². The maximum atomic E-state index is 3.34. The van der Waals surface area contributed by atoms with Crippen molar-refractivity contribution in [3.8, 4) is 0 Å². The first-order valence-electron chi connectivity index (χ1n) is 4.67. The number of halogens is 1. The standard InChI is InChI=1S/C11H16INS/c1-13-11(8-14-2)7-9-3-5-10(12)6-4-9/h3-6,11,13H,7-8H2,1-2H3. The van der Waals surface area contributed by atoms with Crippen LogP contribution in [0.3, 0.4) is 0 Å². The van der Waals surface area contributed by atoms with Crippen molar-refractivity contribution in [1.82, 2.24) is 5.32 Å². The highest BCUT2D eigenvalue weighted by Gasteiger charge is 2.05. The van der Waals surface area contributed by atoms with Crippen LogP contribution in [0, 0.1) is 3.57 Å². The van der Waals surface area contributed by atoms with Crippen LogP contribution in [0.25, 0.3) is 0 Å². The van der Waals surface area contributed by atoms with Gasteiger partial charge < -0.3 is 5.32 Å². The van der Waals surface area contributed by atoms with Crippen LogP contribution in [-0.2, 0) is 6.42 Å². The van der Waals surface area contributed by atoms with Crippen molar-refractivity contribution >= 4 is 34.4 Å². The van der Waals surface area contributed by atoms with Crippen LogP contribution < -0.4 is 5.32 Å². The minimum atomic E-state index is 0.588. The van der Waals surface area contributed by atoms with E-state index >= 15 is 0 Å². The van der Waals surface area contributed by atoms with Crippen molar-refractivity contribution in [2.75, 3.05) is 19.1 Å². The summed E-state index contributed by atoms with van der Waals surface area (Å²) in [6.45, 7) is 0. The maximum absolute atomic E-state index is 3.34. The Morgan fingerprint density at radius 3 is 2.50 bits per heavy atom. The first kappa shape index (κ1) is 12.3. The van der Waals surface area contributed by atoms with Crippen molar-refractivity contribution in [2.24, 2.45) is 0 Å². The normalized spacial score (nSPS) is 12.8. The largest absolute Gasteiger partial charge is 0.316 e. The van der Waals surface area contributed by atoms with Crippen molar-refractivity contribution in [3.63, 3.8) is 0 Å². The molecule has 1 nitrogen and oxygen atoms in total. The average Bonchev–Trinajstić information content (AvgIpc) is 2.20. The lowest BCUT2D eigenvalue weighted by Gasteiger charge is -2.14. The Balaban J connectivity index is 2.53. The molecular weight excluding hydrogens is 305 g/mol. The number of nitrogens with one attached hydrogen (secondary N) is 1. The molecule has 78 valence electrons. The third kappa shape index (κ3) is 4.19. The lowest BCUT2D eigenvalue weighted by Crippen LogP contribution is -2.29. The fourth-order valence-corrected chi connectivity index (χ4v) is 2.40. The summed E-state index contributed by atoms with van der Waals surface area (Å²) in [7, 11) is 2.04. The van der Waals surface area contributed by atoms with Gasteiger partial charge in [-0.3, -0.25) is 0 Å². The first-order chi connectivity index (χ1) is 6.76. The van der Waals surface area contributed by atoms with E-state index in [2.05, 4.69) is 58.4 Å². The van der Waals surface area contributed by atoms with Gasteiger partial charge in [-0.25, -0.2) is 0 Å². The molecule has 1 atom stereocenters. The zero-order valence-corrected chi connectivity index (χ0v) is 11.6. The van der Waals surface area contributed by atoms with Crippen LogP contribution in [-0.4, -0.2) is 25.1 Å². The van der Waals surface area contributed by atoms with Crippen molar-refractivity contribution in [1.29, 1.82) is 0 Å². The Morgan fingerprint density at radius 1 is 1.36 bits per heavy atom. The molecule has 1 unspecified atom stereocenters. The summed E-state index contributed by atoms with van der Waals surface area (Å²) in [5.74, 6) is 1.17. The highest BCUT2D eigenvalue weighted by Crippen LogP contribution is 2.10. The number of hydrogen-bond acceptors (Lipinski definition) is 2. The van der Waals surface area contributed by atoms with Gasteiger partial charge in [0.05, 0.1) is 0 Å². The molecule has 0 aliphatic carbocycles. The zero-order valence-electron chi connectivity index (χ0n) is 8.59. The molecule has 0 saturated carbocycles. The monoisotopic (exact) mass is 321 g/mol. The highest BCUT2D eigenvalue weighted by atomic mass is 127. The van der Waals surface area contributed by atoms with Gasteiger partial charge in [0, 0.05) is 15.4 Å². The predicted octanol–water partition coefficient (Wildman–Crippen LogP) is 2.78. The Labute approximate surface area is 104 Å². The summed E-state index contributed by atoms with van der Waals surface area (Å²) in [4.78, 5) is 0. The quantitative estimate of drug-likeness (QED) is 0.837. The maximum Gasteiger partial charge on any atom is 0.0195 e. The van der Waals surface area contributed by atoms with Gasteiger partial charge in [-0.2, -0.15) is 11.8 Å². The average molecular weight is 321 g/mol. The van der Waals surface area contributed by atoms with Crippen LogP contribution in [0.15, 0.2) is 24.3 Å². The third-order valence-corrected chi connectivity index (χ3v) is 3.63. The Morgan fingerprint density at radius 2 is 2.00 bits per heavy atom. The van der Waals surface area contributed by atoms with Crippen molar-refractivity contribution in [3.05, 3.63) is 33.4 Å². The van der Waals surface area contributed by atoms with Gasteiger partial charge in [-0.05, 0) is 60.0 Å². The topological polar surface area (TPSA) is 12.0 Å². The summed E-state index contributed by atoms with van der Waals surface area (Å²) in [5, 5.41) is 3.34. The molecule has 0 bridgehead atoms. The van der Waals surface area contributed by atoms with Gasteiger partial charge >= 0.3 is 0 Å². The molecule has 0 aliphatic heterocycles. The van der Waals surface area contributed by atoms with E-state index in [-0.39, 0.29) is 0 Å². The Bertz CT molecular complexity index is 260. The molecule has 0 fully saturated rings. The van der Waals surface area contributed by atoms with E-state index < -0.39 is 0 Å². The first-order valence-corrected chi connectivity index (χ1v) is 7.14. The van der Waals surface area contributed by atoms with E-state index in [1.807, 2.05) is 18.8 Å². The molecule has 1 N–H and O–H groups in total. The molecule has 0 amide bonds. The van der Waals surface area contributed by atoms with E-state index in [1.54, 1.807) is 0 Å². The molecule has 1 aromatic rings. The molecule has 0 radical (unpaired) electrons. The number of benzene rings is 1. The summed E-state index contributed by atoms with van der Waals surface area (Å²) in [6.07, 6.45) is 3.27. The number of rotatable bonds is 5. The Hall–Kier alpha value is 0.260. The van der Waals surface area contributed by atoms with Gasteiger partial charge in [0.2, 0.25) is 0 Å². The van der Waals surface area contributed by atoms with Crippen LogP contribution in [0.4, 0.5) is 0 Å². The van der Waals surface area contributed by atoms with Crippen molar-refractivity contribution in [2.45, 2.75) is 12.5 Å². The second-order valence-corrected chi connectivity index (χ2v) is 5.43. The predicted molar refractivity (Wildman–Crippen MR) is 74.1 cm³/mol. The van der Waals surface area contributed by atoms with Crippen LogP contribution >= 0.6 is 34.4 Å². The fraction of sp³-hybridized carbons (Fsp3) is 0.455. The third-order valence-electron chi connectivity index (χ3n) is 2.17. The minimum absolute atomic E-state index is 0.588. The molecule has 0 aliphatic rings. The van der Waals surface area contributed by atoms with Gasteiger partial charge in [0.1, 0.15) is 0 Å². The number of thioether (sulfide) groups is 1. The summed E-state index contributed by atoms with van der Waals surface area (Å²) < 4.78 is 1.30. The zero-order chi connectivity index (χ0) is 10.4. The molecular formula is C11H16INS. The lowest BCUT2D eigenvalue weighted by atomic mass is 10.1. The van der Waals surface area contributed by atoms with E-state index in [0.29, 0.717) is 6.04 Å². The van der Waals surface area contributed by atoms with E-state index in [4.69, 9.17) is 0 Å². The number of likely N-dealkylation sites (N-methyl/N-ethyl adjacent to an activating group) is 1. The molecule has 1 aromatic carbocycles. The lowest BCUT2D eigenvalue weighted by molar-refractivity contribution is 0.617. The van der Waals surface area contributed by atoms with Crippen LogP contribution in [0.2, 0.25) is 0 Å². The summed E-state index contributed by atoms with van der Waals surface area (Å²) in [6, 6.07) is 9.35. The molecule has 0 spiro atoms. The molecule has 3 heteroatoms. The highest BCUT2D eigenvalue weighted by molar-refractivity contribution is 14.1. The smallest absolute Gasteiger partial charge is 0.0195 e. The molecule has 1 rings (SSSR count). The Kier molecular flexibility index (Phi) is 5.89. The second kappa shape index (κ2) is 6.69. The van der Waals surface area contributed by atoms with Gasteiger partial charge in [-0.15, -0.1) is 0 Å². The van der Waals surface area contributed by atoms with Gasteiger partial charge in [0.25, 0.3) is 0 Å². The van der Waals surface area contributed by atoms with E-state index in [1.165, 1.54) is 14.9 Å². The van der Waals surface area contributed by atoms with E-state index in [0.717, 1.165) is 6.42 Å². The molecule has 0 aromatic heterocycles.